The Morgan fingerprint density at radius 3 is 1.39 bits per heavy atom. The van der Waals surface area contributed by atoms with E-state index in [-0.39, 0.29) is 19.4 Å². The van der Waals surface area contributed by atoms with Crippen LogP contribution < -0.4 is 5.73 Å². The molecule has 0 aromatic rings. The van der Waals surface area contributed by atoms with E-state index in [1.165, 1.54) is 83.5 Å². The highest BCUT2D eigenvalue weighted by Crippen LogP contribution is 2.43. The molecule has 0 aromatic carbocycles. The van der Waals surface area contributed by atoms with Crippen LogP contribution in [0, 0.1) is 0 Å². The minimum absolute atomic E-state index is 0.119. The van der Waals surface area contributed by atoms with Crippen LogP contribution >= 0.6 is 7.82 Å². The Morgan fingerprint density at radius 2 is 0.903 bits per heavy atom. The number of phosphoric ester groups is 1. The van der Waals surface area contributed by atoms with Crippen molar-refractivity contribution in [1.29, 1.82) is 0 Å². The lowest BCUT2D eigenvalue weighted by molar-refractivity contribution is -0.161. The summed E-state index contributed by atoms with van der Waals surface area (Å²) >= 11 is 0. The molecule has 0 heterocycles. The molecule has 0 spiro atoms. The number of rotatable bonds is 44. The molecule has 3 atom stereocenters. The van der Waals surface area contributed by atoms with E-state index in [9.17, 15) is 23.8 Å². The number of carboxylic acids is 1. The van der Waals surface area contributed by atoms with Gasteiger partial charge in [-0.3, -0.25) is 23.4 Å². The standard InChI is InChI=1S/C50H86NO10P/c1-3-5-7-9-11-13-15-17-19-21-23-25-27-29-31-33-35-37-39-41-48(52)58-43-46(44-59-62(56,57)60-45-47(51)50(54)55)61-49(53)42-40-38-36-34-32-30-28-26-24-22-20-18-16-14-12-10-8-6-4-2/h6,8,12,14,17-20,24,26,30,32,46-47H,3-5,7,9-11,13,15-16,21-23,25,27-29,31,33-45,51H2,1-2H3,(H,54,55)(H,56,57)/b8-6-,14-12-,19-17-,20-18-,26-24-,32-30-/t46-,47+/m1/s1. The van der Waals surface area contributed by atoms with E-state index in [2.05, 4.69) is 91.3 Å². The van der Waals surface area contributed by atoms with Gasteiger partial charge in [-0.15, -0.1) is 0 Å². The van der Waals surface area contributed by atoms with E-state index in [0.717, 1.165) is 70.6 Å². The SMILES string of the molecule is CC/C=C\C/C=C\C/C=C\C/C=C\C/C=C\CCCCCC(=O)O[C@H](COC(=O)CCCCCCCCCCC/C=C\CCCCCCCC)COP(=O)(O)OC[C@H](N)C(=O)O. The number of phosphoric acid groups is 1. The number of carbonyl (C=O) groups is 3. The molecule has 0 amide bonds. The van der Waals surface area contributed by atoms with E-state index in [1.54, 1.807) is 0 Å². The Morgan fingerprint density at radius 1 is 0.516 bits per heavy atom. The fourth-order valence-corrected chi connectivity index (χ4v) is 6.98. The quantitative estimate of drug-likeness (QED) is 0.0230. The molecule has 1 unspecified atom stereocenters. The molecule has 0 fully saturated rings. The summed E-state index contributed by atoms with van der Waals surface area (Å²) in [6.45, 7) is 2.66. The third kappa shape index (κ3) is 43.6. The second kappa shape index (κ2) is 44.5. The van der Waals surface area contributed by atoms with Crippen molar-refractivity contribution >= 4 is 25.7 Å². The first-order valence-electron chi connectivity index (χ1n) is 24.0. The second-order valence-corrected chi connectivity index (χ2v) is 17.3. The maximum atomic E-state index is 12.7. The highest BCUT2D eigenvalue weighted by molar-refractivity contribution is 7.47. The predicted molar refractivity (Wildman–Crippen MR) is 254 cm³/mol. The lowest BCUT2D eigenvalue weighted by atomic mass is 10.1. The molecule has 0 aliphatic rings. The van der Waals surface area contributed by atoms with Gasteiger partial charge in [0, 0.05) is 12.8 Å². The summed E-state index contributed by atoms with van der Waals surface area (Å²) in [5.41, 5.74) is 5.34. The van der Waals surface area contributed by atoms with Crippen LogP contribution in [0.15, 0.2) is 72.9 Å². The maximum absolute atomic E-state index is 12.7. The molecule has 0 bridgehead atoms. The summed E-state index contributed by atoms with van der Waals surface area (Å²) in [5, 5.41) is 8.91. The molecule has 0 saturated carbocycles. The number of unbranched alkanes of at least 4 members (excludes halogenated alkanes) is 18. The summed E-state index contributed by atoms with van der Waals surface area (Å²) in [5.74, 6) is -2.43. The highest BCUT2D eigenvalue weighted by Gasteiger charge is 2.28. The highest BCUT2D eigenvalue weighted by atomic mass is 31.2. The zero-order valence-corrected chi connectivity index (χ0v) is 39.6. The molecule has 356 valence electrons. The zero-order valence-electron chi connectivity index (χ0n) is 38.7. The third-order valence-corrected chi connectivity index (χ3v) is 10.9. The molecule has 0 rings (SSSR count). The number of nitrogens with two attached hydrogens (primary N) is 1. The summed E-state index contributed by atoms with van der Waals surface area (Å²) in [6, 6.07) is -1.53. The van der Waals surface area contributed by atoms with Gasteiger partial charge in [-0.1, -0.05) is 170 Å². The van der Waals surface area contributed by atoms with Gasteiger partial charge in [0.2, 0.25) is 0 Å². The normalized spacial score (nSPS) is 14.3. The van der Waals surface area contributed by atoms with Crippen LogP contribution in [0.4, 0.5) is 0 Å². The predicted octanol–water partition coefficient (Wildman–Crippen LogP) is 13.3. The lowest BCUT2D eigenvalue weighted by Gasteiger charge is -2.20. The van der Waals surface area contributed by atoms with E-state index >= 15 is 0 Å². The van der Waals surface area contributed by atoms with E-state index in [1.807, 2.05) is 0 Å². The molecular formula is C50H86NO10P. The van der Waals surface area contributed by atoms with Gasteiger partial charge in [0.05, 0.1) is 13.2 Å². The first-order valence-corrected chi connectivity index (χ1v) is 25.5. The Hall–Kier alpha value is -3.08. The van der Waals surface area contributed by atoms with Crippen LogP contribution in [0.5, 0.6) is 0 Å². The van der Waals surface area contributed by atoms with Crippen molar-refractivity contribution in [2.24, 2.45) is 5.73 Å². The molecule has 0 aliphatic heterocycles. The third-order valence-electron chi connectivity index (χ3n) is 9.94. The number of carbonyl (C=O) groups excluding carboxylic acids is 2. The molecule has 12 heteroatoms. The summed E-state index contributed by atoms with van der Waals surface area (Å²) in [7, 11) is -4.73. The maximum Gasteiger partial charge on any atom is 0.472 e. The van der Waals surface area contributed by atoms with Gasteiger partial charge in [0.25, 0.3) is 0 Å². The van der Waals surface area contributed by atoms with Gasteiger partial charge in [-0.25, -0.2) is 4.57 Å². The van der Waals surface area contributed by atoms with Gasteiger partial charge >= 0.3 is 25.7 Å². The summed E-state index contributed by atoms with van der Waals surface area (Å²) in [6.07, 6.45) is 53.9. The molecule has 0 aliphatic carbocycles. The first kappa shape index (κ1) is 58.9. The monoisotopic (exact) mass is 892 g/mol. The van der Waals surface area contributed by atoms with Gasteiger partial charge < -0.3 is 25.2 Å². The van der Waals surface area contributed by atoms with Gasteiger partial charge in [0.15, 0.2) is 6.10 Å². The second-order valence-electron chi connectivity index (χ2n) is 15.9. The zero-order chi connectivity index (χ0) is 45.6. The fraction of sp³-hybridized carbons (Fsp3) is 0.700. The van der Waals surface area contributed by atoms with E-state index < -0.39 is 51.1 Å². The van der Waals surface area contributed by atoms with Gasteiger partial charge in [-0.2, -0.15) is 0 Å². The average molecular weight is 892 g/mol. The van der Waals surface area contributed by atoms with Gasteiger partial charge in [0.1, 0.15) is 12.6 Å². The van der Waals surface area contributed by atoms with E-state index in [4.69, 9.17) is 24.8 Å². The van der Waals surface area contributed by atoms with Crippen LogP contribution in [-0.2, 0) is 37.5 Å². The molecule has 62 heavy (non-hydrogen) atoms. The molecular weight excluding hydrogens is 806 g/mol. The van der Waals surface area contributed by atoms with Crippen LogP contribution in [0.25, 0.3) is 0 Å². The Balaban J connectivity index is 4.37. The lowest BCUT2D eigenvalue weighted by Crippen LogP contribution is -2.34. The minimum Gasteiger partial charge on any atom is -0.480 e. The Bertz CT molecular complexity index is 1320. The Labute approximate surface area is 376 Å². The number of ether oxygens (including phenoxy) is 2. The van der Waals surface area contributed by atoms with Crippen molar-refractivity contribution in [3.05, 3.63) is 72.9 Å². The van der Waals surface area contributed by atoms with Crippen LogP contribution in [0.3, 0.4) is 0 Å². The van der Waals surface area contributed by atoms with Crippen LogP contribution in [0.1, 0.15) is 194 Å². The number of hydrogen-bond acceptors (Lipinski definition) is 9. The largest absolute Gasteiger partial charge is 0.480 e. The van der Waals surface area contributed by atoms with Gasteiger partial charge in [-0.05, 0) is 83.5 Å². The Kier molecular flexibility index (Phi) is 42.3. The first-order chi connectivity index (χ1) is 30.1. The number of hydrogen-bond donors (Lipinski definition) is 3. The van der Waals surface area contributed by atoms with Crippen molar-refractivity contribution in [3.63, 3.8) is 0 Å². The molecule has 0 radical (unpaired) electrons. The van der Waals surface area contributed by atoms with Crippen molar-refractivity contribution in [2.75, 3.05) is 19.8 Å². The number of aliphatic carboxylic acids is 1. The molecule has 0 saturated heterocycles. The minimum atomic E-state index is -4.73. The summed E-state index contributed by atoms with van der Waals surface area (Å²) < 4.78 is 32.8. The molecule has 0 aromatic heterocycles. The van der Waals surface area contributed by atoms with Crippen molar-refractivity contribution in [3.8, 4) is 0 Å². The van der Waals surface area contributed by atoms with E-state index in [0.29, 0.717) is 12.8 Å². The smallest absolute Gasteiger partial charge is 0.472 e. The molecule has 11 nitrogen and oxygen atoms in total. The van der Waals surface area contributed by atoms with Crippen LogP contribution in [-0.4, -0.2) is 59.9 Å². The van der Waals surface area contributed by atoms with Crippen molar-refractivity contribution in [1.82, 2.24) is 0 Å². The number of carboxylic acid groups (broad SMARTS) is 1. The van der Waals surface area contributed by atoms with Crippen LogP contribution in [0.2, 0.25) is 0 Å². The van der Waals surface area contributed by atoms with Crippen molar-refractivity contribution in [2.45, 2.75) is 206 Å². The fourth-order valence-electron chi connectivity index (χ4n) is 6.20. The number of esters is 2. The average Bonchev–Trinajstić information content (AvgIpc) is 3.25. The van der Waals surface area contributed by atoms with Crippen molar-refractivity contribution < 1.29 is 47.5 Å². The topological polar surface area (TPSA) is 172 Å². The molecule has 4 N–H and O–H groups in total. The number of allylic oxidation sites excluding steroid dienone is 12. The summed E-state index contributed by atoms with van der Waals surface area (Å²) in [4.78, 5) is 46.1.